The van der Waals surface area contributed by atoms with E-state index in [1.807, 2.05) is 18.7 Å². The molecule has 10 atom stereocenters. The fourth-order valence-electron chi connectivity index (χ4n) is 7.12. The molecule has 0 radical (unpaired) electrons. The smallest absolute Gasteiger partial charge is 0.378 e. The summed E-state index contributed by atoms with van der Waals surface area (Å²) >= 11 is 0. The lowest BCUT2D eigenvalue weighted by atomic mass is 9.72. The molecule has 0 bridgehead atoms. The molecule has 0 spiro atoms. The van der Waals surface area contributed by atoms with Crippen molar-refractivity contribution in [2.24, 2.45) is 34.4 Å². The Bertz CT molecular complexity index is 721. The minimum Gasteiger partial charge on any atom is -0.378 e. The van der Waals surface area contributed by atoms with Crippen molar-refractivity contribution in [3.8, 4) is 0 Å². The van der Waals surface area contributed by atoms with Crippen LogP contribution in [0.1, 0.15) is 71.6 Å². The number of aliphatic imine (C=N–C) groups is 1. The quantitative estimate of drug-likeness (QED) is 0.367. The number of nitrogens with two attached hydrogens (primary N) is 1. The predicted molar refractivity (Wildman–Crippen MR) is 125 cm³/mol. The second-order valence-corrected chi connectivity index (χ2v) is 11.2. The molecule has 0 amide bonds. The van der Waals surface area contributed by atoms with Gasteiger partial charge in [-0.15, -0.1) is 0 Å². The van der Waals surface area contributed by atoms with Crippen molar-refractivity contribution in [2.75, 3.05) is 6.54 Å². The molecule has 0 aromatic carbocycles. The number of halogens is 3. The first-order chi connectivity index (χ1) is 16.0. The molecule has 4 rings (SSSR count). The molecule has 7 nitrogen and oxygen atoms in total. The molecular formula is C24H42F3N5O2. The number of alkyl halides is 3. The number of nitrogens with one attached hydrogen (secondary N) is 2. The zero-order valence-corrected chi connectivity index (χ0v) is 20.3. The molecule has 34 heavy (non-hydrogen) atoms. The van der Waals surface area contributed by atoms with Gasteiger partial charge in [0.05, 0.1) is 11.8 Å². The highest BCUT2D eigenvalue weighted by molar-refractivity contribution is 5.80. The normalized spacial score (nSPS) is 41.4. The van der Waals surface area contributed by atoms with E-state index in [0.717, 1.165) is 37.9 Å². The molecule has 196 valence electrons. The molecule has 2 saturated carbocycles. The van der Waals surface area contributed by atoms with Gasteiger partial charge in [0.25, 0.3) is 0 Å². The van der Waals surface area contributed by atoms with Crippen molar-refractivity contribution >= 4 is 5.84 Å². The second kappa shape index (κ2) is 10.6. The van der Waals surface area contributed by atoms with Gasteiger partial charge in [-0.25, -0.2) is 0 Å². The van der Waals surface area contributed by atoms with E-state index in [4.69, 9.17) is 10.7 Å². The fraction of sp³-hybridized carbons (Fsp3) is 0.958. The molecule has 4 aliphatic rings. The van der Waals surface area contributed by atoms with Crippen LogP contribution >= 0.6 is 0 Å². The van der Waals surface area contributed by atoms with Crippen molar-refractivity contribution in [3.63, 3.8) is 0 Å². The zero-order chi connectivity index (χ0) is 24.6. The summed E-state index contributed by atoms with van der Waals surface area (Å²) in [5.41, 5.74) is 5.63. The average molecular weight is 490 g/mol. The van der Waals surface area contributed by atoms with Crippen molar-refractivity contribution in [3.05, 3.63) is 0 Å². The fourth-order valence-corrected chi connectivity index (χ4v) is 7.12. The third-order valence-corrected chi connectivity index (χ3v) is 8.86. The monoisotopic (exact) mass is 489 g/mol. The van der Waals surface area contributed by atoms with Gasteiger partial charge in [0, 0.05) is 30.6 Å². The maximum Gasteiger partial charge on any atom is 0.391 e. The number of aliphatic hydroxyl groups is 2. The molecule has 2 aliphatic heterocycles. The third-order valence-electron chi connectivity index (χ3n) is 8.86. The van der Waals surface area contributed by atoms with Crippen LogP contribution in [0.25, 0.3) is 0 Å². The lowest BCUT2D eigenvalue weighted by Gasteiger charge is -2.47. The standard InChI is InChI=1S/C24H42F3N5O2/c1-13(15-4-3-5-17(10-15)24(25,26)27)29-23-18-11-16(6-7-19(18)30-14(2)31-23)20-8-9-22(34)32(20)12-21(28)33/h13,15-23,29,33-34H,3-12,28H2,1-2H3,(H,30,31). The van der Waals surface area contributed by atoms with Crippen molar-refractivity contribution in [2.45, 2.75) is 115 Å². The van der Waals surface area contributed by atoms with Gasteiger partial charge in [0.15, 0.2) is 0 Å². The van der Waals surface area contributed by atoms with Crippen molar-refractivity contribution in [1.82, 2.24) is 15.5 Å². The Balaban J connectivity index is 1.43. The third kappa shape index (κ3) is 5.88. The summed E-state index contributed by atoms with van der Waals surface area (Å²) in [5, 5.41) is 27.3. The first-order valence-corrected chi connectivity index (χ1v) is 13.0. The van der Waals surface area contributed by atoms with Gasteiger partial charge < -0.3 is 21.3 Å². The van der Waals surface area contributed by atoms with E-state index >= 15 is 0 Å². The summed E-state index contributed by atoms with van der Waals surface area (Å²) in [6, 6.07) is 0.417. The van der Waals surface area contributed by atoms with Crippen LogP contribution in [0.3, 0.4) is 0 Å². The highest BCUT2D eigenvalue weighted by Gasteiger charge is 2.46. The van der Waals surface area contributed by atoms with Crippen LogP contribution in [0.2, 0.25) is 0 Å². The molecule has 0 aromatic rings. The summed E-state index contributed by atoms with van der Waals surface area (Å²) in [6.07, 6.45) is 0.556. The van der Waals surface area contributed by atoms with Crippen LogP contribution in [-0.4, -0.2) is 70.4 Å². The number of likely N-dealkylation sites (tertiary alicyclic amines) is 1. The number of amidine groups is 1. The Morgan fingerprint density at radius 2 is 1.94 bits per heavy atom. The summed E-state index contributed by atoms with van der Waals surface area (Å²) in [4.78, 5) is 6.81. The Hall–Kier alpha value is -0.940. The van der Waals surface area contributed by atoms with Crippen LogP contribution in [0.5, 0.6) is 0 Å². The molecule has 10 unspecified atom stereocenters. The Morgan fingerprint density at radius 1 is 1.18 bits per heavy atom. The van der Waals surface area contributed by atoms with Crippen molar-refractivity contribution in [1.29, 1.82) is 0 Å². The molecule has 2 heterocycles. The number of β-amino-alcohol motifs (C(OH)–C–C–N with tert-alkyl or cyclic N) is 1. The number of aliphatic hydroxyl groups excluding tert-OH is 2. The SMILES string of the molecule is CC1=NC(NC(C)C2CCCC(C(F)(F)F)C2)C2CC(C3CCC(O)N3CC(N)O)CCC2N1. The maximum atomic E-state index is 13.3. The van der Waals surface area contributed by atoms with Crippen LogP contribution in [0.4, 0.5) is 13.2 Å². The van der Waals surface area contributed by atoms with Gasteiger partial charge in [-0.1, -0.05) is 6.42 Å². The average Bonchev–Trinajstić information content (AvgIpc) is 3.12. The lowest BCUT2D eigenvalue weighted by molar-refractivity contribution is -0.186. The minimum atomic E-state index is -4.11. The molecule has 3 fully saturated rings. The highest BCUT2D eigenvalue weighted by Crippen LogP contribution is 2.43. The van der Waals surface area contributed by atoms with Gasteiger partial charge in [-0.3, -0.25) is 15.2 Å². The molecular weight excluding hydrogens is 447 g/mol. The Morgan fingerprint density at radius 3 is 2.65 bits per heavy atom. The van der Waals surface area contributed by atoms with Crippen LogP contribution in [0, 0.1) is 23.7 Å². The number of fused-ring (bicyclic) bond motifs is 1. The zero-order valence-electron chi connectivity index (χ0n) is 20.3. The molecule has 1 saturated heterocycles. The summed E-state index contributed by atoms with van der Waals surface area (Å²) in [6.45, 7) is 4.23. The number of hydrogen-bond donors (Lipinski definition) is 5. The summed E-state index contributed by atoms with van der Waals surface area (Å²) in [5.74, 6) is 0.268. The first-order valence-electron chi connectivity index (χ1n) is 13.0. The van der Waals surface area contributed by atoms with Crippen LogP contribution in [-0.2, 0) is 0 Å². The molecule has 0 aromatic heterocycles. The van der Waals surface area contributed by atoms with E-state index in [1.165, 1.54) is 0 Å². The second-order valence-electron chi connectivity index (χ2n) is 11.2. The highest BCUT2D eigenvalue weighted by atomic mass is 19.4. The van der Waals surface area contributed by atoms with E-state index in [2.05, 4.69) is 10.6 Å². The molecule has 2 aliphatic carbocycles. The molecule has 6 N–H and O–H groups in total. The van der Waals surface area contributed by atoms with Gasteiger partial charge in [0.2, 0.25) is 0 Å². The van der Waals surface area contributed by atoms with E-state index in [9.17, 15) is 23.4 Å². The van der Waals surface area contributed by atoms with Gasteiger partial charge in [-0.05, 0) is 77.0 Å². The number of rotatable bonds is 6. The molecule has 10 heteroatoms. The van der Waals surface area contributed by atoms with E-state index in [0.29, 0.717) is 18.8 Å². The van der Waals surface area contributed by atoms with E-state index < -0.39 is 24.6 Å². The Labute approximate surface area is 200 Å². The summed E-state index contributed by atoms with van der Waals surface area (Å²) in [7, 11) is 0. The predicted octanol–water partition coefficient (Wildman–Crippen LogP) is 2.53. The minimum absolute atomic E-state index is 0.00452. The van der Waals surface area contributed by atoms with Gasteiger partial charge in [-0.2, -0.15) is 13.2 Å². The van der Waals surface area contributed by atoms with E-state index in [1.54, 1.807) is 0 Å². The first kappa shape index (κ1) is 26.1. The largest absolute Gasteiger partial charge is 0.391 e. The van der Waals surface area contributed by atoms with Crippen LogP contribution in [0.15, 0.2) is 4.99 Å². The maximum absolute atomic E-state index is 13.3. The van der Waals surface area contributed by atoms with Crippen molar-refractivity contribution < 1.29 is 23.4 Å². The van der Waals surface area contributed by atoms with Gasteiger partial charge >= 0.3 is 6.18 Å². The number of hydrogen-bond acceptors (Lipinski definition) is 7. The van der Waals surface area contributed by atoms with E-state index in [-0.39, 0.29) is 55.5 Å². The lowest BCUT2D eigenvalue weighted by Crippen LogP contribution is -2.58. The number of nitrogens with zero attached hydrogens (tertiary/aromatic N) is 2. The topological polar surface area (TPSA) is 106 Å². The summed E-state index contributed by atoms with van der Waals surface area (Å²) < 4.78 is 40.0. The van der Waals surface area contributed by atoms with Gasteiger partial charge in [0.1, 0.15) is 18.6 Å². The Kier molecular flexibility index (Phi) is 8.13. The van der Waals surface area contributed by atoms with Crippen LogP contribution < -0.4 is 16.4 Å².